The van der Waals surface area contributed by atoms with Crippen molar-refractivity contribution >= 4 is 16.8 Å². The summed E-state index contributed by atoms with van der Waals surface area (Å²) in [6.45, 7) is 3.64. The van der Waals surface area contributed by atoms with E-state index in [0.717, 1.165) is 13.1 Å². The molecule has 1 aromatic carbocycles. The molecular formula is C21H27N3O2. The number of rotatable bonds is 2. The molecule has 0 bridgehead atoms. The highest BCUT2D eigenvalue weighted by molar-refractivity contribution is 5.83. The summed E-state index contributed by atoms with van der Waals surface area (Å²) in [7, 11) is 2.00. The summed E-state index contributed by atoms with van der Waals surface area (Å²) in [6, 6.07) is 6.53. The van der Waals surface area contributed by atoms with Crippen molar-refractivity contribution in [3.63, 3.8) is 0 Å². The van der Waals surface area contributed by atoms with Gasteiger partial charge in [-0.2, -0.15) is 5.10 Å². The van der Waals surface area contributed by atoms with Gasteiger partial charge in [0.15, 0.2) is 0 Å². The molecule has 5 nitrogen and oxygen atoms in total. The van der Waals surface area contributed by atoms with Crippen LogP contribution < -0.4 is 0 Å². The van der Waals surface area contributed by atoms with Gasteiger partial charge in [-0.3, -0.25) is 9.48 Å². The van der Waals surface area contributed by atoms with E-state index in [0.29, 0.717) is 24.2 Å². The van der Waals surface area contributed by atoms with Gasteiger partial charge in [0.05, 0.1) is 17.3 Å². The molecule has 3 fully saturated rings. The summed E-state index contributed by atoms with van der Waals surface area (Å²) < 4.78 is 1.95. The lowest BCUT2D eigenvalue weighted by Crippen LogP contribution is -2.61. The molecule has 2 saturated carbocycles. The molecule has 1 aliphatic heterocycles. The zero-order chi connectivity index (χ0) is 18.1. The number of hydrogen-bond acceptors (Lipinski definition) is 3. The van der Waals surface area contributed by atoms with Crippen LogP contribution in [-0.2, 0) is 11.8 Å². The van der Waals surface area contributed by atoms with Gasteiger partial charge in [-0.05, 0) is 56.6 Å². The second kappa shape index (κ2) is 5.32. The molecule has 1 amide bonds. The van der Waals surface area contributed by atoms with Crippen molar-refractivity contribution < 1.29 is 9.90 Å². The Labute approximate surface area is 154 Å². The van der Waals surface area contributed by atoms with Gasteiger partial charge in [0.2, 0.25) is 5.91 Å². The van der Waals surface area contributed by atoms with Gasteiger partial charge in [0.1, 0.15) is 0 Å². The predicted octanol–water partition coefficient (Wildman–Crippen LogP) is 2.83. The van der Waals surface area contributed by atoms with Crippen LogP contribution in [-0.4, -0.2) is 44.4 Å². The third kappa shape index (κ3) is 2.40. The Morgan fingerprint density at radius 1 is 1.27 bits per heavy atom. The molecule has 2 aromatic rings. The minimum absolute atomic E-state index is 0.0451. The zero-order valence-electron chi connectivity index (χ0n) is 15.6. The molecule has 5 rings (SSSR count). The average Bonchev–Trinajstić information content (AvgIpc) is 3.15. The van der Waals surface area contributed by atoms with Crippen LogP contribution in [0.15, 0.2) is 24.4 Å². The molecule has 138 valence electrons. The molecule has 1 saturated heterocycles. The van der Waals surface area contributed by atoms with Crippen LogP contribution in [0.2, 0.25) is 0 Å². The Balaban J connectivity index is 1.26. The van der Waals surface area contributed by atoms with Crippen LogP contribution in [0.1, 0.15) is 50.5 Å². The van der Waals surface area contributed by atoms with Crippen molar-refractivity contribution in [1.29, 1.82) is 0 Å². The van der Waals surface area contributed by atoms with Crippen molar-refractivity contribution in [2.24, 2.45) is 18.4 Å². The Morgan fingerprint density at radius 2 is 2.04 bits per heavy atom. The molecule has 1 spiro atoms. The van der Waals surface area contributed by atoms with Gasteiger partial charge in [-0.25, -0.2) is 0 Å². The highest BCUT2D eigenvalue weighted by atomic mass is 16.3. The molecule has 1 atom stereocenters. The third-order valence-electron chi connectivity index (χ3n) is 7.05. The molecule has 0 radical (unpaired) electrons. The predicted molar refractivity (Wildman–Crippen MR) is 99.7 cm³/mol. The highest BCUT2D eigenvalue weighted by Crippen LogP contribution is 2.53. The van der Waals surface area contributed by atoms with Crippen LogP contribution >= 0.6 is 0 Å². The standard InChI is InChI=1S/C21H27N3O2/c1-20(26)8-15(9-20)19(25)24-12-21(13-24)7-6-14(10-21)16-4-3-5-18-17(16)11-22-23(18)2/h3-5,11,14-15,26H,6-10,12-13H2,1-2H3/t14?,15-,20+. The van der Waals surface area contributed by atoms with Crippen molar-refractivity contribution in [2.45, 2.75) is 50.5 Å². The smallest absolute Gasteiger partial charge is 0.225 e. The fourth-order valence-electron chi connectivity index (χ4n) is 5.67. The van der Waals surface area contributed by atoms with Crippen molar-refractivity contribution in [1.82, 2.24) is 14.7 Å². The number of likely N-dealkylation sites (tertiary alicyclic amines) is 1. The van der Waals surface area contributed by atoms with E-state index in [4.69, 9.17) is 0 Å². The Morgan fingerprint density at radius 3 is 2.77 bits per heavy atom. The summed E-state index contributed by atoms with van der Waals surface area (Å²) >= 11 is 0. The maximum atomic E-state index is 12.6. The van der Waals surface area contributed by atoms with Crippen molar-refractivity contribution in [3.05, 3.63) is 30.0 Å². The molecule has 3 aliphatic rings. The van der Waals surface area contributed by atoms with E-state index in [2.05, 4.69) is 23.3 Å². The second-order valence-electron chi connectivity index (χ2n) is 9.28. The first kappa shape index (κ1) is 16.3. The van der Waals surface area contributed by atoms with Crippen LogP contribution in [0.5, 0.6) is 0 Å². The van der Waals surface area contributed by atoms with E-state index < -0.39 is 5.60 Å². The maximum absolute atomic E-state index is 12.6. The summed E-state index contributed by atoms with van der Waals surface area (Å²) in [6.07, 6.45) is 6.83. The van der Waals surface area contributed by atoms with Gasteiger partial charge in [0, 0.05) is 36.9 Å². The van der Waals surface area contributed by atoms with Crippen LogP contribution in [0.4, 0.5) is 0 Å². The number of aromatic nitrogens is 2. The lowest BCUT2D eigenvalue weighted by Gasteiger charge is -2.52. The fourth-order valence-corrected chi connectivity index (χ4v) is 5.67. The number of aliphatic hydroxyl groups is 1. The lowest BCUT2D eigenvalue weighted by atomic mass is 9.69. The van der Waals surface area contributed by atoms with E-state index in [1.54, 1.807) is 0 Å². The first-order valence-corrected chi connectivity index (χ1v) is 9.78. The van der Waals surface area contributed by atoms with E-state index in [9.17, 15) is 9.90 Å². The normalized spacial score (nSPS) is 32.7. The number of nitrogens with zero attached hydrogens (tertiary/aromatic N) is 3. The largest absolute Gasteiger partial charge is 0.390 e. The number of aryl methyl sites for hydroxylation is 1. The van der Waals surface area contributed by atoms with E-state index in [1.165, 1.54) is 35.7 Å². The molecule has 1 aromatic heterocycles. The topological polar surface area (TPSA) is 58.4 Å². The average molecular weight is 353 g/mol. The summed E-state index contributed by atoms with van der Waals surface area (Å²) in [5.41, 5.74) is 2.32. The van der Waals surface area contributed by atoms with Gasteiger partial charge in [0.25, 0.3) is 0 Å². The summed E-state index contributed by atoms with van der Waals surface area (Å²) in [4.78, 5) is 14.6. The lowest BCUT2D eigenvalue weighted by molar-refractivity contribution is -0.161. The first-order chi connectivity index (χ1) is 12.4. The maximum Gasteiger partial charge on any atom is 0.225 e. The van der Waals surface area contributed by atoms with E-state index in [1.807, 2.05) is 29.7 Å². The molecule has 26 heavy (non-hydrogen) atoms. The minimum Gasteiger partial charge on any atom is -0.390 e. The zero-order valence-corrected chi connectivity index (χ0v) is 15.6. The van der Waals surface area contributed by atoms with E-state index in [-0.39, 0.29) is 11.8 Å². The number of benzene rings is 1. The molecule has 5 heteroatoms. The molecule has 1 unspecified atom stereocenters. The first-order valence-electron chi connectivity index (χ1n) is 9.78. The molecular weight excluding hydrogens is 326 g/mol. The Bertz CT molecular complexity index is 871. The fraction of sp³-hybridized carbons (Fsp3) is 0.619. The van der Waals surface area contributed by atoms with Crippen LogP contribution in [0.3, 0.4) is 0 Å². The number of hydrogen-bond donors (Lipinski definition) is 1. The van der Waals surface area contributed by atoms with Gasteiger partial charge in [-0.15, -0.1) is 0 Å². The number of carbonyl (C=O) groups excluding carboxylic acids is 1. The number of amides is 1. The van der Waals surface area contributed by atoms with Gasteiger partial charge in [-0.1, -0.05) is 12.1 Å². The van der Waals surface area contributed by atoms with Gasteiger partial charge >= 0.3 is 0 Å². The quantitative estimate of drug-likeness (QED) is 0.903. The monoisotopic (exact) mass is 353 g/mol. The molecule has 2 aliphatic carbocycles. The van der Waals surface area contributed by atoms with Crippen molar-refractivity contribution in [2.75, 3.05) is 13.1 Å². The van der Waals surface area contributed by atoms with Crippen molar-refractivity contribution in [3.8, 4) is 0 Å². The van der Waals surface area contributed by atoms with Crippen LogP contribution in [0, 0.1) is 11.3 Å². The van der Waals surface area contributed by atoms with Crippen LogP contribution in [0.25, 0.3) is 10.9 Å². The Hall–Kier alpha value is -1.88. The third-order valence-corrected chi connectivity index (χ3v) is 7.05. The SMILES string of the molecule is Cn1ncc2c(C3CCC4(C3)CN(C(=O)[C@H]3C[C@@](C)(O)C3)C4)cccc21. The summed E-state index contributed by atoms with van der Waals surface area (Å²) in [5.74, 6) is 0.883. The number of fused-ring (bicyclic) bond motifs is 1. The highest BCUT2D eigenvalue weighted by Gasteiger charge is 2.53. The molecule has 1 N–H and O–H groups in total. The second-order valence-corrected chi connectivity index (χ2v) is 9.28. The Kier molecular flexibility index (Phi) is 3.34. The minimum atomic E-state index is -0.621. The summed E-state index contributed by atoms with van der Waals surface area (Å²) in [5, 5.41) is 15.6. The molecule has 2 heterocycles. The van der Waals surface area contributed by atoms with Gasteiger partial charge < -0.3 is 10.0 Å². The number of carbonyl (C=O) groups is 1. The van der Waals surface area contributed by atoms with E-state index >= 15 is 0 Å².